The molecule has 0 atom stereocenters. The van der Waals surface area contributed by atoms with Gasteiger partial charge in [0.25, 0.3) is 0 Å². The number of halogens is 2. The highest BCUT2D eigenvalue weighted by molar-refractivity contribution is 6.34. The smallest absolute Gasteiger partial charge is 0.0424 e. The Balaban J connectivity index is 2.09. The molecule has 0 aliphatic heterocycles. The zero-order chi connectivity index (χ0) is 13.7. The Morgan fingerprint density at radius 1 is 1.00 bits per heavy atom. The molecule has 0 fully saturated rings. The predicted octanol–water partition coefficient (Wildman–Crippen LogP) is 5.56. The van der Waals surface area contributed by atoms with Gasteiger partial charge in [-0.2, -0.15) is 0 Å². The summed E-state index contributed by atoms with van der Waals surface area (Å²) < 4.78 is 0. The topological polar surface area (TPSA) is 12.0 Å². The Morgan fingerprint density at radius 2 is 1.68 bits per heavy atom. The van der Waals surface area contributed by atoms with Crippen molar-refractivity contribution in [2.75, 3.05) is 5.32 Å². The van der Waals surface area contributed by atoms with Crippen molar-refractivity contribution in [2.45, 2.75) is 26.3 Å². The van der Waals surface area contributed by atoms with Crippen LogP contribution in [-0.2, 0) is 13.0 Å². The minimum atomic E-state index is 0.672. The normalized spacial score (nSPS) is 10.5. The summed E-state index contributed by atoms with van der Waals surface area (Å²) in [6.07, 6.45) is 2.22. The third-order valence-corrected chi connectivity index (χ3v) is 3.38. The van der Waals surface area contributed by atoms with E-state index in [0.29, 0.717) is 10.0 Å². The molecule has 0 saturated carbocycles. The molecule has 0 aromatic heterocycles. The van der Waals surface area contributed by atoms with Crippen molar-refractivity contribution in [3.63, 3.8) is 0 Å². The van der Waals surface area contributed by atoms with Gasteiger partial charge in [0.05, 0.1) is 0 Å². The molecule has 0 bridgehead atoms. The third kappa shape index (κ3) is 4.15. The maximum Gasteiger partial charge on any atom is 0.0424 e. The lowest BCUT2D eigenvalue weighted by molar-refractivity contribution is 0.919. The molecule has 0 amide bonds. The summed E-state index contributed by atoms with van der Waals surface area (Å²) in [5.41, 5.74) is 3.61. The lowest BCUT2D eigenvalue weighted by Gasteiger charge is -2.12. The van der Waals surface area contributed by atoms with Crippen molar-refractivity contribution in [3.8, 4) is 0 Å². The van der Waals surface area contributed by atoms with E-state index in [1.807, 2.05) is 18.2 Å². The molecule has 3 heteroatoms. The minimum Gasteiger partial charge on any atom is -0.381 e. The molecule has 1 nitrogen and oxygen atoms in total. The van der Waals surface area contributed by atoms with Crippen LogP contribution in [0.4, 0.5) is 5.69 Å². The molecule has 0 aliphatic rings. The van der Waals surface area contributed by atoms with Gasteiger partial charge in [0.2, 0.25) is 0 Å². The average molecular weight is 294 g/mol. The Morgan fingerprint density at radius 3 is 2.37 bits per heavy atom. The summed E-state index contributed by atoms with van der Waals surface area (Å²) in [5, 5.41) is 4.80. The van der Waals surface area contributed by atoms with Crippen molar-refractivity contribution in [2.24, 2.45) is 0 Å². The summed E-state index contributed by atoms with van der Waals surface area (Å²) >= 11 is 12.0. The summed E-state index contributed by atoms with van der Waals surface area (Å²) in [4.78, 5) is 0. The number of hydrogen-bond acceptors (Lipinski definition) is 1. The van der Waals surface area contributed by atoms with Crippen LogP contribution in [0.1, 0.15) is 24.5 Å². The number of hydrogen-bond donors (Lipinski definition) is 1. The van der Waals surface area contributed by atoms with E-state index in [-0.39, 0.29) is 0 Å². The lowest BCUT2D eigenvalue weighted by atomic mass is 10.1. The quantitative estimate of drug-likeness (QED) is 0.761. The Bertz CT molecular complexity index is 532. The van der Waals surface area contributed by atoms with E-state index in [9.17, 15) is 0 Å². The highest BCUT2D eigenvalue weighted by atomic mass is 35.5. The van der Waals surface area contributed by atoms with Crippen molar-refractivity contribution >= 4 is 28.9 Å². The van der Waals surface area contributed by atoms with Crippen molar-refractivity contribution < 1.29 is 0 Å². The first kappa shape index (κ1) is 14.2. The van der Waals surface area contributed by atoms with Gasteiger partial charge in [-0.1, -0.05) is 54.7 Å². The molecule has 0 heterocycles. The summed E-state index contributed by atoms with van der Waals surface area (Å²) in [6.45, 7) is 2.91. The number of aryl methyl sites for hydroxylation is 1. The fraction of sp³-hybridized carbons (Fsp3) is 0.250. The van der Waals surface area contributed by atoms with E-state index in [1.165, 1.54) is 11.3 Å². The number of rotatable bonds is 5. The van der Waals surface area contributed by atoms with Gasteiger partial charge in [0.15, 0.2) is 0 Å². The van der Waals surface area contributed by atoms with Crippen LogP contribution >= 0.6 is 23.2 Å². The molecule has 2 rings (SSSR count). The molecule has 0 radical (unpaired) electrons. The van der Waals surface area contributed by atoms with Crippen LogP contribution in [0.5, 0.6) is 0 Å². The zero-order valence-corrected chi connectivity index (χ0v) is 12.4. The van der Waals surface area contributed by atoms with E-state index < -0.39 is 0 Å². The zero-order valence-electron chi connectivity index (χ0n) is 10.9. The van der Waals surface area contributed by atoms with E-state index in [0.717, 1.165) is 24.9 Å². The monoisotopic (exact) mass is 293 g/mol. The van der Waals surface area contributed by atoms with Crippen LogP contribution < -0.4 is 5.32 Å². The highest BCUT2D eigenvalue weighted by Gasteiger charge is 2.02. The van der Waals surface area contributed by atoms with Crippen LogP contribution in [-0.4, -0.2) is 0 Å². The maximum absolute atomic E-state index is 6.00. The second-order valence-corrected chi connectivity index (χ2v) is 5.41. The predicted molar refractivity (Wildman–Crippen MR) is 84.2 cm³/mol. The maximum atomic E-state index is 6.00. The Labute approximate surface area is 124 Å². The first-order valence-corrected chi connectivity index (χ1v) is 7.21. The summed E-state index contributed by atoms with van der Waals surface area (Å²) in [7, 11) is 0. The van der Waals surface area contributed by atoms with Crippen LogP contribution in [0.2, 0.25) is 10.0 Å². The second kappa shape index (κ2) is 6.83. The van der Waals surface area contributed by atoms with Gasteiger partial charge in [0.1, 0.15) is 0 Å². The van der Waals surface area contributed by atoms with Gasteiger partial charge in [-0.25, -0.2) is 0 Å². The Hall–Kier alpha value is -1.18. The van der Waals surface area contributed by atoms with Gasteiger partial charge in [-0.05, 0) is 41.8 Å². The standard InChI is InChI=1S/C16H17Cl2N/c1-2-5-13-6-3-4-7-16(13)19-11-12-8-14(17)10-15(18)9-12/h3-4,6-10,19H,2,5,11H2,1H3. The number of nitrogens with one attached hydrogen (secondary N) is 1. The van der Waals surface area contributed by atoms with Crippen molar-refractivity contribution in [1.82, 2.24) is 0 Å². The largest absolute Gasteiger partial charge is 0.381 e. The van der Waals surface area contributed by atoms with Gasteiger partial charge in [-0.3, -0.25) is 0 Å². The van der Waals surface area contributed by atoms with Gasteiger partial charge in [-0.15, -0.1) is 0 Å². The fourth-order valence-electron chi connectivity index (χ4n) is 2.09. The molecule has 1 N–H and O–H groups in total. The molecular formula is C16H17Cl2N. The lowest BCUT2D eigenvalue weighted by Crippen LogP contribution is -2.02. The number of benzene rings is 2. The van der Waals surface area contributed by atoms with Crippen molar-refractivity contribution in [3.05, 3.63) is 63.6 Å². The van der Waals surface area contributed by atoms with E-state index in [4.69, 9.17) is 23.2 Å². The first-order chi connectivity index (χ1) is 9.19. The minimum absolute atomic E-state index is 0.672. The first-order valence-electron chi connectivity index (χ1n) is 6.46. The number of para-hydroxylation sites is 1. The summed E-state index contributed by atoms with van der Waals surface area (Å²) in [5.74, 6) is 0. The molecule has 0 unspecified atom stereocenters. The van der Waals surface area contributed by atoms with E-state index in [1.54, 1.807) is 6.07 Å². The van der Waals surface area contributed by atoms with Crippen LogP contribution in [0.15, 0.2) is 42.5 Å². The molecule has 0 aliphatic carbocycles. The van der Waals surface area contributed by atoms with Crippen molar-refractivity contribution in [1.29, 1.82) is 0 Å². The molecule has 19 heavy (non-hydrogen) atoms. The van der Waals surface area contributed by atoms with Gasteiger partial charge < -0.3 is 5.32 Å². The second-order valence-electron chi connectivity index (χ2n) is 4.54. The molecule has 100 valence electrons. The van der Waals surface area contributed by atoms with Crippen LogP contribution in [0.25, 0.3) is 0 Å². The van der Waals surface area contributed by atoms with Gasteiger partial charge >= 0.3 is 0 Å². The molecule has 0 saturated heterocycles. The SMILES string of the molecule is CCCc1ccccc1NCc1cc(Cl)cc(Cl)c1. The third-order valence-electron chi connectivity index (χ3n) is 2.94. The molecule has 0 spiro atoms. The fourth-order valence-corrected chi connectivity index (χ4v) is 2.66. The molecule has 2 aromatic carbocycles. The van der Waals surface area contributed by atoms with Gasteiger partial charge in [0, 0.05) is 22.3 Å². The molecular weight excluding hydrogens is 277 g/mol. The summed E-state index contributed by atoms with van der Waals surface area (Å²) in [6, 6.07) is 14.0. The van der Waals surface area contributed by atoms with E-state index >= 15 is 0 Å². The molecule has 2 aromatic rings. The van der Waals surface area contributed by atoms with Crippen LogP contribution in [0, 0.1) is 0 Å². The van der Waals surface area contributed by atoms with E-state index in [2.05, 4.69) is 30.4 Å². The Kier molecular flexibility index (Phi) is 5.12. The van der Waals surface area contributed by atoms with Crippen LogP contribution in [0.3, 0.4) is 0 Å². The number of anilines is 1. The average Bonchev–Trinajstić information content (AvgIpc) is 2.37. The highest BCUT2D eigenvalue weighted by Crippen LogP contribution is 2.21.